The molecule has 0 aliphatic heterocycles. The van der Waals surface area contributed by atoms with Crippen LogP contribution >= 0.6 is 0 Å². The smallest absolute Gasteiger partial charge is 0.0326 e. The van der Waals surface area contributed by atoms with Gasteiger partial charge >= 0.3 is 0 Å². The topological polar surface area (TPSA) is 26.0 Å². The van der Waals surface area contributed by atoms with E-state index in [0.717, 1.165) is 11.1 Å². The molecule has 2 aromatic carbocycles. The zero-order chi connectivity index (χ0) is 12.8. The summed E-state index contributed by atoms with van der Waals surface area (Å²) in [7, 11) is 0. The van der Waals surface area contributed by atoms with E-state index in [1.807, 2.05) is 48.5 Å². The molecule has 0 fully saturated rings. The molecule has 18 heavy (non-hydrogen) atoms. The van der Waals surface area contributed by atoms with Gasteiger partial charge in [0, 0.05) is 16.8 Å². The van der Waals surface area contributed by atoms with Crippen LogP contribution in [-0.2, 0) is 0 Å². The maximum atomic E-state index is 5.66. The van der Waals surface area contributed by atoms with Crippen molar-refractivity contribution in [2.24, 2.45) is 0 Å². The minimum Gasteiger partial charge on any atom is -0.399 e. The second-order valence-corrected chi connectivity index (χ2v) is 3.99. The van der Waals surface area contributed by atoms with Crippen LogP contribution in [0.1, 0.15) is 16.7 Å². The van der Waals surface area contributed by atoms with Gasteiger partial charge in [0.15, 0.2) is 0 Å². The lowest BCUT2D eigenvalue weighted by Crippen LogP contribution is -1.83. The van der Waals surface area contributed by atoms with Crippen molar-refractivity contribution in [1.82, 2.24) is 0 Å². The highest BCUT2D eigenvalue weighted by molar-refractivity contribution is 5.49. The molecule has 0 aliphatic rings. The van der Waals surface area contributed by atoms with Gasteiger partial charge in [0.05, 0.1) is 0 Å². The van der Waals surface area contributed by atoms with Gasteiger partial charge in [-0.3, -0.25) is 0 Å². The molecular weight excluding hydrogens is 218 g/mol. The molecule has 0 saturated heterocycles. The standard InChI is InChI=1S/C17H13N/c1-14-9-11-15(12-10-14)5-2-3-6-16-7-4-8-17(18)13-16/h4,7-13H,18H2,1H3. The highest BCUT2D eigenvalue weighted by Crippen LogP contribution is 2.04. The van der Waals surface area contributed by atoms with E-state index in [9.17, 15) is 0 Å². The summed E-state index contributed by atoms with van der Waals surface area (Å²) in [6.07, 6.45) is 0. The van der Waals surface area contributed by atoms with Gasteiger partial charge < -0.3 is 5.73 Å². The SMILES string of the molecule is Cc1ccc(C#CC#Cc2cccc(N)c2)cc1. The number of aryl methyl sites for hydroxylation is 1. The first-order valence-electron chi connectivity index (χ1n) is 5.68. The third kappa shape index (κ3) is 3.44. The lowest BCUT2D eigenvalue weighted by Gasteiger charge is -1.91. The van der Waals surface area contributed by atoms with Crippen molar-refractivity contribution in [3.63, 3.8) is 0 Å². The Morgan fingerprint density at radius 2 is 1.50 bits per heavy atom. The monoisotopic (exact) mass is 231 g/mol. The summed E-state index contributed by atoms with van der Waals surface area (Å²) in [5, 5.41) is 0. The average molecular weight is 231 g/mol. The van der Waals surface area contributed by atoms with E-state index in [2.05, 4.69) is 30.6 Å². The summed E-state index contributed by atoms with van der Waals surface area (Å²) in [6, 6.07) is 15.5. The van der Waals surface area contributed by atoms with Gasteiger partial charge in [-0.25, -0.2) is 0 Å². The number of rotatable bonds is 0. The molecule has 86 valence electrons. The van der Waals surface area contributed by atoms with E-state index in [4.69, 9.17) is 5.73 Å². The quantitative estimate of drug-likeness (QED) is 0.547. The predicted molar refractivity (Wildman–Crippen MR) is 75.8 cm³/mol. The summed E-state index contributed by atoms with van der Waals surface area (Å²) >= 11 is 0. The molecular formula is C17H13N. The molecule has 0 spiro atoms. The van der Waals surface area contributed by atoms with Gasteiger partial charge in [-0.05, 0) is 49.1 Å². The van der Waals surface area contributed by atoms with Gasteiger partial charge in [0.1, 0.15) is 0 Å². The molecule has 1 nitrogen and oxygen atoms in total. The Labute approximate surface area is 108 Å². The van der Waals surface area contributed by atoms with Crippen molar-refractivity contribution in [2.45, 2.75) is 6.92 Å². The summed E-state index contributed by atoms with van der Waals surface area (Å²) in [5.74, 6) is 11.6. The van der Waals surface area contributed by atoms with E-state index in [1.165, 1.54) is 5.56 Å². The van der Waals surface area contributed by atoms with Crippen molar-refractivity contribution < 1.29 is 0 Å². The fraction of sp³-hybridized carbons (Fsp3) is 0.0588. The second-order valence-electron chi connectivity index (χ2n) is 3.99. The molecule has 0 aromatic heterocycles. The number of hydrogen-bond acceptors (Lipinski definition) is 1. The summed E-state index contributed by atoms with van der Waals surface area (Å²) in [5.41, 5.74) is 9.47. The molecule has 0 amide bonds. The van der Waals surface area contributed by atoms with Crippen LogP contribution < -0.4 is 5.73 Å². The molecule has 2 aromatic rings. The first-order chi connectivity index (χ1) is 8.74. The highest BCUT2D eigenvalue weighted by atomic mass is 14.5. The van der Waals surface area contributed by atoms with Crippen LogP contribution in [0.15, 0.2) is 48.5 Å². The Morgan fingerprint density at radius 1 is 0.833 bits per heavy atom. The molecule has 0 saturated carbocycles. The Bertz CT molecular complexity index is 658. The zero-order valence-electron chi connectivity index (χ0n) is 10.2. The van der Waals surface area contributed by atoms with Crippen LogP contribution in [0.3, 0.4) is 0 Å². The molecule has 0 heterocycles. The van der Waals surface area contributed by atoms with Gasteiger partial charge in [0.25, 0.3) is 0 Å². The lowest BCUT2D eigenvalue weighted by atomic mass is 10.1. The van der Waals surface area contributed by atoms with Crippen LogP contribution in [0.5, 0.6) is 0 Å². The molecule has 2 N–H and O–H groups in total. The molecule has 0 radical (unpaired) electrons. The van der Waals surface area contributed by atoms with Crippen LogP contribution in [0, 0.1) is 30.6 Å². The summed E-state index contributed by atoms with van der Waals surface area (Å²) in [6.45, 7) is 2.05. The molecule has 0 bridgehead atoms. The predicted octanol–water partition coefficient (Wildman–Crippen LogP) is 2.98. The number of hydrogen-bond donors (Lipinski definition) is 1. The molecule has 0 unspecified atom stereocenters. The summed E-state index contributed by atoms with van der Waals surface area (Å²) in [4.78, 5) is 0. The molecule has 1 heteroatoms. The van der Waals surface area contributed by atoms with Gasteiger partial charge in [-0.1, -0.05) is 35.6 Å². The maximum absolute atomic E-state index is 5.66. The maximum Gasteiger partial charge on any atom is 0.0326 e. The third-order valence-corrected chi connectivity index (χ3v) is 2.41. The van der Waals surface area contributed by atoms with Crippen LogP contribution in [0.25, 0.3) is 0 Å². The number of benzene rings is 2. The van der Waals surface area contributed by atoms with Crippen molar-refractivity contribution in [2.75, 3.05) is 5.73 Å². The molecule has 0 atom stereocenters. The van der Waals surface area contributed by atoms with E-state index < -0.39 is 0 Å². The van der Waals surface area contributed by atoms with Crippen molar-refractivity contribution in [3.05, 3.63) is 65.2 Å². The third-order valence-electron chi connectivity index (χ3n) is 2.41. The minimum absolute atomic E-state index is 0.716. The lowest BCUT2D eigenvalue weighted by molar-refractivity contribution is 1.46. The van der Waals surface area contributed by atoms with E-state index >= 15 is 0 Å². The van der Waals surface area contributed by atoms with Crippen molar-refractivity contribution in [1.29, 1.82) is 0 Å². The molecule has 0 aliphatic carbocycles. The molecule has 2 rings (SSSR count). The second kappa shape index (κ2) is 5.62. The Hall–Kier alpha value is -2.64. The minimum atomic E-state index is 0.716. The zero-order valence-corrected chi connectivity index (χ0v) is 10.2. The Balaban J connectivity index is 2.11. The van der Waals surface area contributed by atoms with Gasteiger partial charge in [-0.15, -0.1) is 0 Å². The van der Waals surface area contributed by atoms with E-state index in [1.54, 1.807) is 0 Å². The highest BCUT2D eigenvalue weighted by Gasteiger charge is 1.86. The van der Waals surface area contributed by atoms with Crippen molar-refractivity contribution in [3.8, 4) is 23.7 Å². The van der Waals surface area contributed by atoms with Crippen molar-refractivity contribution >= 4 is 5.69 Å². The van der Waals surface area contributed by atoms with Gasteiger partial charge in [-0.2, -0.15) is 0 Å². The largest absolute Gasteiger partial charge is 0.399 e. The van der Waals surface area contributed by atoms with Crippen LogP contribution in [0.4, 0.5) is 5.69 Å². The van der Waals surface area contributed by atoms with E-state index in [-0.39, 0.29) is 0 Å². The number of nitrogens with two attached hydrogens (primary N) is 1. The fourth-order valence-electron chi connectivity index (χ4n) is 1.46. The van der Waals surface area contributed by atoms with Gasteiger partial charge in [0.2, 0.25) is 0 Å². The average Bonchev–Trinajstić information content (AvgIpc) is 2.37. The van der Waals surface area contributed by atoms with E-state index in [0.29, 0.717) is 5.69 Å². The summed E-state index contributed by atoms with van der Waals surface area (Å²) < 4.78 is 0. The van der Waals surface area contributed by atoms with Crippen LogP contribution in [0.2, 0.25) is 0 Å². The number of anilines is 1. The van der Waals surface area contributed by atoms with Crippen LogP contribution in [-0.4, -0.2) is 0 Å². The first kappa shape index (κ1) is 11.8. The Kier molecular flexibility index (Phi) is 3.69. The fourth-order valence-corrected chi connectivity index (χ4v) is 1.46. The normalized spacial score (nSPS) is 8.72. The first-order valence-corrected chi connectivity index (χ1v) is 5.68. The Morgan fingerprint density at radius 3 is 2.17 bits per heavy atom. The number of nitrogen functional groups attached to an aromatic ring is 1.